The summed E-state index contributed by atoms with van der Waals surface area (Å²) in [6.07, 6.45) is 10.6. The molecule has 4 fully saturated rings. The van der Waals surface area contributed by atoms with E-state index in [9.17, 15) is 0 Å². The van der Waals surface area contributed by atoms with Crippen LogP contribution in [-0.4, -0.2) is 12.6 Å². The summed E-state index contributed by atoms with van der Waals surface area (Å²) in [6.45, 7) is 9.77. The molecular weight excluding hydrogens is 230 g/mol. The van der Waals surface area contributed by atoms with Crippen LogP contribution in [0.15, 0.2) is 0 Å². The lowest BCUT2D eigenvalue weighted by Crippen LogP contribution is -2.63. The van der Waals surface area contributed by atoms with Gasteiger partial charge in [-0.3, -0.25) is 0 Å². The van der Waals surface area contributed by atoms with Crippen LogP contribution >= 0.6 is 0 Å². The quantitative estimate of drug-likeness (QED) is 0.780. The van der Waals surface area contributed by atoms with E-state index in [-0.39, 0.29) is 0 Å². The molecule has 0 saturated heterocycles. The van der Waals surface area contributed by atoms with Crippen molar-refractivity contribution in [3.05, 3.63) is 0 Å². The number of hydrogen-bond donors (Lipinski definition) is 1. The van der Waals surface area contributed by atoms with Crippen LogP contribution < -0.4 is 5.32 Å². The highest BCUT2D eigenvalue weighted by Gasteiger charge is 2.61. The highest BCUT2D eigenvalue weighted by atomic mass is 15.0. The van der Waals surface area contributed by atoms with Crippen LogP contribution in [0.3, 0.4) is 0 Å². The maximum Gasteiger partial charge on any atom is 0.0178 e. The van der Waals surface area contributed by atoms with Crippen LogP contribution in [-0.2, 0) is 0 Å². The van der Waals surface area contributed by atoms with Crippen molar-refractivity contribution in [1.82, 2.24) is 5.32 Å². The van der Waals surface area contributed by atoms with Gasteiger partial charge >= 0.3 is 0 Å². The van der Waals surface area contributed by atoms with E-state index in [1.807, 2.05) is 0 Å². The van der Waals surface area contributed by atoms with Crippen LogP contribution in [0.1, 0.15) is 72.6 Å². The molecule has 4 bridgehead atoms. The first-order chi connectivity index (χ1) is 8.80. The minimum absolute atomic E-state index is 0.312. The van der Waals surface area contributed by atoms with Crippen molar-refractivity contribution in [3.8, 4) is 0 Å². The van der Waals surface area contributed by atoms with Gasteiger partial charge in [0.05, 0.1) is 0 Å². The molecule has 0 aromatic carbocycles. The summed E-state index contributed by atoms with van der Waals surface area (Å²) in [7, 11) is 2.17. The van der Waals surface area contributed by atoms with E-state index in [0.29, 0.717) is 16.4 Å². The molecule has 2 unspecified atom stereocenters. The second kappa shape index (κ2) is 4.23. The molecule has 4 aliphatic rings. The summed E-state index contributed by atoms with van der Waals surface area (Å²) in [5.41, 5.74) is 1.60. The van der Waals surface area contributed by atoms with Gasteiger partial charge < -0.3 is 5.32 Å². The monoisotopic (exact) mass is 263 g/mol. The van der Waals surface area contributed by atoms with E-state index in [1.165, 1.54) is 25.7 Å². The lowest BCUT2D eigenvalue weighted by atomic mass is 9.40. The summed E-state index contributed by atoms with van der Waals surface area (Å²) in [5, 5.41) is 3.67. The fourth-order valence-electron chi connectivity index (χ4n) is 6.55. The molecule has 0 amide bonds. The molecule has 4 rings (SSSR count). The van der Waals surface area contributed by atoms with Crippen LogP contribution in [0.4, 0.5) is 0 Å². The Morgan fingerprint density at radius 2 is 1.68 bits per heavy atom. The molecule has 0 aromatic heterocycles. The lowest BCUT2D eigenvalue weighted by Gasteiger charge is -2.67. The fraction of sp³-hybridized carbons (Fsp3) is 1.00. The Bertz CT molecular complexity index is 335. The summed E-state index contributed by atoms with van der Waals surface area (Å²) in [6, 6.07) is 0. The molecule has 0 heterocycles. The first-order valence-electron chi connectivity index (χ1n) is 8.49. The summed E-state index contributed by atoms with van der Waals surface area (Å²) >= 11 is 0. The smallest absolute Gasteiger partial charge is 0.0178 e. The van der Waals surface area contributed by atoms with Gasteiger partial charge in [0.25, 0.3) is 0 Å². The molecule has 0 radical (unpaired) electrons. The molecule has 1 N–H and O–H groups in total. The molecule has 2 atom stereocenters. The summed E-state index contributed by atoms with van der Waals surface area (Å²) < 4.78 is 0. The zero-order valence-corrected chi connectivity index (χ0v) is 13.7. The number of nitrogens with one attached hydrogen (secondary N) is 1. The van der Waals surface area contributed by atoms with Gasteiger partial charge in [-0.05, 0) is 94.4 Å². The first-order valence-corrected chi connectivity index (χ1v) is 8.49. The third-order valence-corrected chi connectivity index (χ3v) is 6.97. The third kappa shape index (κ3) is 2.07. The van der Waals surface area contributed by atoms with Gasteiger partial charge in [-0.25, -0.2) is 0 Å². The summed E-state index contributed by atoms with van der Waals surface area (Å²) in [5.74, 6) is 2.94. The third-order valence-electron chi connectivity index (χ3n) is 6.97. The predicted octanol–water partition coefficient (Wildman–Crippen LogP) is 4.62. The Balaban J connectivity index is 1.93. The standard InChI is InChI=1S/C18H33N/c1-13(2)7-17-8-14-6-15(9-17)11-18(10-14,12-17)16(3,4)19-5/h13-15,19H,6-12H2,1-5H3. The van der Waals surface area contributed by atoms with Crippen LogP contribution in [0.25, 0.3) is 0 Å². The van der Waals surface area contributed by atoms with Gasteiger partial charge in [-0.1, -0.05) is 13.8 Å². The van der Waals surface area contributed by atoms with Crippen molar-refractivity contribution < 1.29 is 0 Å². The molecule has 4 aliphatic carbocycles. The Morgan fingerprint density at radius 1 is 1.11 bits per heavy atom. The van der Waals surface area contributed by atoms with Crippen molar-refractivity contribution in [1.29, 1.82) is 0 Å². The molecule has 4 saturated carbocycles. The van der Waals surface area contributed by atoms with Crippen LogP contribution in [0.5, 0.6) is 0 Å². The molecule has 0 aliphatic heterocycles. The zero-order chi connectivity index (χ0) is 13.9. The molecule has 1 heteroatoms. The van der Waals surface area contributed by atoms with Gasteiger partial charge in [0.2, 0.25) is 0 Å². The maximum atomic E-state index is 3.67. The maximum absolute atomic E-state index is 3.67. The van der Waals surface area contributed by atoms with Gasteiger partial charge in [0.15, 0.2) is 0 Å². The topological polar surface area (TPSA) is 12.0 Å². The Morgan fingerprint density at radius 3 is 2.16 bits per heavy atom. The van der Waals surface area contributed by atoms with E-state index in [1.54, 1.807) is 19.3 Å². The van der Waals surface area contributed by atoms with Crippen LogP contribution in [0, 0.1) is 28.6 Å². The summed E-state index contributed by atoms with van der Waals surface area (Å²) in [4.78, 5) is 0. The second-order valence-electron chi connectivity index (χ2n) is 9.21. The van der Waals surface area contributed by atoms with Crippen molar-refractivity contribution >= 4 is 0 Å². The van der Waals surface area contributed by atoms with E-state index in [0.717, 1.165) is 17.8 Å². The molecule has 19 heavy (non-hydrogen) atoms. The van der Waals surface area contributed by atoms with Crippen molar-refractivity contribution in [2.75, 3.05) is 7.05 Å². The van der Waals surface area contributed by atoms with Gasteiger partial charge in [-0.2, -0.15) is 0 Å². The van der Waals surface area contributed by atoms with Gasteiger partial charge in [0, 0.05) is 5.54 Å². The Kier molecular flexibility index (Phi) is 3.10. The highest BCUT2D eigenvalue weighted by Crippen LogP contribution is 2.69. The van der Waals surface area contributed by atoms with Gasteiger partial charge in [-0.15, -0.1) is 0 Å². The molecule has 1 nitrogen and oxygen atoms in total. The van der Waals surface area contributed by atoms with E-state index < -0.39 is 0 Å². The van der Waals surface area contributed by atoms with E-state index in [4.69, 9.17) is 0 Å². The largest absolute Gasteiger partial charge is 0.314 e. The average Bonchev–Trinajstić information content (AvgIpc) is 2.24. The Labute approximate surface area is 119 Å². The minimum Gasteiger partial charge on any atom is -0.314 e. The van der Waals surface area contributed by atoms with Crippen molar-refractivity contribution in [3.63, 3.8) is 0 Å². The molecular formula is C18H33N. The number of hydrogen-bond acceptors (Lipinski definition) is 1. The number of rotatable bonds is 4. The normalized spacial score (nSPS) is 45.2. The molecule has 0 spiro atoms. The minimum atomic E-state index is 0.312. The average molecular weight is 263 g/mol. The SMILES string of the molecule is CNC(C)(C)C12CC3CC(CC(CC(C)C)(C3)C1)C2. The molecule has 0 aromatic rings. The van der Waals surface area contributed by atoms with Crippen molar-refractivity contribution in [2.45, 2.75) is 78.2 Å². The fourth-order valence-corrected chi connectivity index (χ4v) is 6.55. The lowest BCUT2D eigenvalue weighted by molar-refractivity contribution is -0.149. The van der Waals surface area contributed by atoms with E-state index in [2.05, 4.69) is 40.1 Å². The van der Waals surface area contributed by atoms with Crippen LogP contribution in [0.2, 0.25) is 0 Å². The van der Waals surface area contributed by atoms with Gasteiger partial charge in [0.1, 0.15) is 0 Å². The highest BCUT2D eigenvalue weighted by molar-refractivity contribution is 5.14. The zero-order valence-electron chi connectivity index (χ0n) is 13.7. The van der Waals surface area contributed by atoms with Crippen molar-refractivity contribution in [2.24, 2.45) is 28.6 Å². The molecule has 110 valence electrons. The predicted molar refractivity (Wildman–Crippen MR) is 82.1 cm³/mol. The second-order valence-corrected chi connectivity index (χ2v) is 9.21. The Hall–Kier alpha value is -0.0400. The first kappa shape index (κ1) is 13.9. The van der Waals surface area contributed by atoms with E-state index >= 15 is 0 Å².